The second kappa shape index (κ2) is 12.4. The molecule has 0 aliphatic carbocycles. The van der Waals surface area contributed by atoms with Gasteiger partial charge in [-0.05, 0) is 50.6 Å². The number of anilines is 3. The standard InChI is InChI=1S/C30H31ClN8O3/c1-5-32-25-8-6-7-24(37-25)17(2)35-28(40)18(3)39-16-20-10-9-19(13-22(20)29(39)41)27-23(31)15-34-30(38-27)36-21-11-12-33-26(14-21)42-4/h6-15,17-18H,5,16H2,1-4H3,(H,32,37)(H,35,40)(H,33,34,36,38)/t17-,18-/m1/s1. The molecule has 4 heterocycles. The van der Waals surface area contributed by atoms with Gasteiger partial charge in [0, 0.05) is 42.2 Å². The van der Waals surface area contributed by atoms with Gasteiger partial charge in [-0.2, -0.15) is 0 Å². The molecule has 0 unspecified atom stereocenters. The summed E-state index contributed by atoms with van der Waals surface area (Å²) >= 11 is 6.48. The van der Waals surface area contributed by atoms with E-state index < -0.39 is 6.04 Å². The van der Waals surface area contributed by atoms with E-state index in [-0.39, 0.29) is 17.9 Å². The maximum atomic E-state index is 13.5. The Hall–Kier alpha value is -4.77. The van der Waals surface area contributed by atoms with Crippen LogP contribution in [0.3, 0.4) is 0 Å². The van der Waals surface area contributed by atoms with E-state index in [9.17, 15) is 9.59 Å². The number of benzene rings is 1. The molecule has 0 bridgehead atoms. The Balaban J connectivity index is 1.30. The van der Waals surface area contributed by atoms with Crippen LogP contribution in [0.15, 0.2) is 60.9 Å². The summed E-state index contributed by atoms with van der Waals surface area (Å²) in [6, 6.07) is 13.6. The van der Waals surface area contributed by atoms with Gasteiger partial charge in [-0.15, -0.1) is 0 Å². The number of nitrogens with one attached hydrogen (secondary N) is 3. The van der Waals surface area contributed by atoms with Crippen molar-refractivity contribution in [2.45, 2.75) is 39.4 Å². The summed E-state index contributed by atoms with van der Waals surface area (Å²) < 4.78 is 5.17. The monoisotopic (exact) mass is 586 g/mol. The zero-order valence-corrected chi connectivity index (χ0v) is 24.4. The first-order valence-electron chi connectivity index (χ1n) is 13.5. The zero-order valence-electron chi connectivity index (χ0n) is 23.7. The highest BCUT2D eigenvalue weighted by Crippen LogP contribution is 2.33. The van der Waals surface area contributed by atoms with E-state index in [1.165, 1.54) is 13.3 Å². The number of aromatic nitrogens is 4. The second-order valence-corrected chi connectivity index (χ2v) is 10.2. The van der Waals surface area contributed by atoms with E-state index in [0.29, 0.717) is 45.9 Å². The molecule has 0 saturated heterocycles. The third kappa shape index (κ3) is 6.10. The molecule has 11 nitrogen and oxygen atoms in total. The Morgan fingerprint density at radius 2 is 1.95 bits per heavy atom. The molecule has 3 N–H and O–H groups in total. The Morgan fingerprint density at radius 3 is 2.74 bits per heavy atom. The van der Waals surface area contributed by atoms with Crippen LogP contribution in [0.25, 0.3) is 11.3 Å². The molecule has 0 saturated carbocycles. The van der Waals surface area contributed by atoms with E-state index in [1.54, 1.807) is 36.2 Å². The summed E-state index contributed by atoms with van der Waals surface area (Å²) in [4.78, 5) is 45.7. The first kappa shape index (κ1) is 28.7. The number of rotatable bonds is 10. The van der Waals surface area contributed by atoms with Gasteiger partial charge in [0.25, 0.3) is 5.91 Å². The topological polar surface area (TPSA) is 134 Å². The SMILES string of the molecule is CCNc1cccc([C@@H](C)NC(=O)[C@@H](C)N2Cc3ccc(-c4nc(Nc5ccnc(OC)c5)ncc4Cl)cc3C2=O)n1. The van der Waals surface area contributed by atoms with Crippen LogP contribution in [-0.2, 0) is 11.3 Å². The lowest BCUT2D eigenvalue weighted by atomic mass is 10.0. The summed E-state index contributed by atoms with van der Waals surface area (Å²) in [6.07, 6.45) is 3.11. The van der Waals surface area contributed by atoms with Crippen molar-refractivity contribution in [1.82, 2.24) is 30.2 Å². The van der Waals surface area contributed by atoms with Crippen molar-refractivity contribution in [3.05, 3.63) is 82.8 Å². The van der Waals surface area contributed by atoms with E-state index in [4.69, 9.17) is 16.3 Å². The highest BCUT2D eigenvalue weighted by Gasteiger charge is 2.34. The largest absolute Gasteiger partial charge is 0.481 e. The van der Waals surface area contributed by atoms with Crippen molar-refractivity contribution >= 4 is 40.9 Å². The van der Waals surface area contributed by atoms with Crippen molar-refractivity contribution < 1.29 is 14.3 Å². The number of nitrogens with zero attached hydrogens (tertiary/aromatic N) is 5. The zero-order chi connectivity index (χ0) is 29.8. The highest BCUT2D eigenvalue weighted by molar-refractivity contribution is 6.33. The number of hydrogen-bond donors (Lipinski definition) is 3. The highest BCUT2D eigenvalue weighted by atomic mass is 35.5. The third-order valence-corrected chi connectivity index (χ3v) is 7.21. The molecular formula is C30H31ClN8O3. The minimum atomic E-state index is -0.691. The van der Waals surface area contributed by atoms with Gasteiger partial charge in [0.05, 0.1) is 35.8 Å². The van der Waals surface area contributed by atoms with Crippen molar-refractivity contribution in [2.75, 3.05) is 24.3 Å². The van der Waals surface area contributed by atoms with Gasteiger partial charge in [-0.25, -0.2) is 19.9 Å². The first-order valence-corrected chi connectivity index (χ1v) is 13.9. The Bertz CT molecular complexity index is 1630. The molecule has 0 radical (unpaired) electrons. The fourth-order valence-corrected chi connectivity index (χ4v) is 4.86. The Morgan fingerprint density at radius 1 is 1.12 bits per heavy atom. The van der Waals surface area contributed by atoms with E-state index in [2.05, 4.69) is 35.9 Å². The first-order chi connectivity index (χ1) is 20.3. The van der Waals surface area contributed by atoms with Crippen LogP contribution >= 0.6 is 11.6 Å². The molecule has 4 aromatic rings. The smallest absolute Gasteiger partial charge is 0.255 e. The lowest BCUT2D eigenvalue weighted by molar-refractivity contribution is -0.125. The number of methoxy groups -OCH3 is 1. The number of pyridine rings is 2. The average molecular weight is 587 g/mol. The molecule has 12 heteroatoms. The van der Waals surface area contributed by atoms with Gasteiger partial charge in [0.15, 0.2) is 0 Å². The number of ether oxygens (including phenoxy) is 1. The molecule has 3 aromatic heterocycles. The number of carbonyl (C=O) groups is 2. The number of fused-ring (bicyclic) bond motifs is 1. The van der Waals surface area contributed by atoms with Crippen LogP contribution < -0.4 is 20.7 Å². The summed E-state index contributed by atoms with van der Waals surface area (Å²) in [6.45, 7) is 6.65. The number of halogens is 1. The third-order valence-electron chi connectivity index (χ3n) is 6.94. The van der Waals surface area contributed by atoms with Crippen LogP contribution in [0.2, 0.25) is 5.02 Å². The summed E-state index contributed by atoms with van der Waals surface area (Å²) in [5.74, 6) is 1.02. The van der Waals surface area contributed by atoms with E-state index >= 15 is 0 Å². The molecule has 1 aromatic carbocycles. The van der Waals surface area contributed by atoms with Gasteiger partial charge in [-0.3, -0.25) is 9.59 Å². The van der Waals surface area contributed by atoms with Crippen LogP contribution in [0.1, 0.15) is 48.4 Å². The normalized spacial score (nSPS) is 13.7. The minimum absolute atomic E-state index is 0.234. The fraction of sp³-hybridized carbons (Fsp3) is 0.267. The quantitative estimate of drug-likeness (QED) is 0.235. The molecule has 1 aliphatic heterocycles. The minimum Gasteiger partial charge on any atom is -0.481 e. The molecular weight excluding hydrogens is 556 g/mol. The molecule has 2 amide bonds. The van der Waals surface area contributed by atoms with Crippen molar-refractivity contribution in [1.29, 1.82) is 0 Å². The average Bonchev–Trinajstić information content (AvgIpc) is 3.33. The van der Waals surface area contributed by atoms with Crippen LogP contribution in [0.5, 0.6) is 5.88 Å². The van der Waals surface area contributed by atoms with Crippen LogP contribution in [0, 0.1) is 0 Å². The van der Waals surface area contributed by atoms with Crippen molar-refractivity contribution in [3.63, 3.8) is 0 Å². The van der Waals surface area contributed by atoms with Crippen LogP contribution in [0.4, 0.5) is 17.5 Å². The number of hydrogen-bond acceptors (Lipinski definition) is 9. The number of amides is 2. The molecule has 1 aliphatic rings. The van der Waals surface area contributed by atoms with E-state index in [1.807, 2.05) is 44.2 Å². The lowest BCUT2D eigenvalue weighted by Crippen LogP contribution is -2.46. The van der Waals surface area contributed by atoms with Crippen molar-refractivity contribution in [2.24, 2.45) is 0 Å². The molecule has 0 spiro atoms. The summed E-state index contributed by atoms with van der Waals surface area (Å²) in [5, 5.41) is 9.62. The Labute approximate surface area is 248 Å². The van der Waals surface area contributed by atoms with Gasteiger partial charge in [0.1, 0.15) is 11.9 Å². The van der Waals surface area contributed by atoms with Crippen LogP contribution in [-0.4, -0.2) is 56.3 Å². The number of carbonyl (C=O) groups excluding carboxylic acids is 2. The van der Waals surface area contributed by atoms with Gasteiger partial charge in [-0.1, -0.05) is 29.8 Å². The van der Waals surface area contributed by atoms with Gasteiger partial charge < -0.3 is 25.6 Å². The summed E-state index contributed by atoms with van der Waals surface area (Å²) in [5.41, 5.74) is 3.87. The molecule has 0 fully saturated rings. The molecule has 42 heavy (non-hydrogen) atoms. The predicted octanol–water partition coefficient (Wildman–Crippen LogP) is 4.99. The fourth-order valence-electron chi connectivity index (χ4n) is 4.66. The molecule has 5 rings (SSSR count). The van der Waals surface area contributed by atoms with Gasteiger partial charge >= 0.3 is 0 Å². The molecule has 2 atom stereocenters. The Kier molecular flexibility index (Phi) is 8.48. The maximum absolute atomic E-state index is 13.5. The van der Waals surface area contributed by atoms with E-state index in [0.717, 1.165) is 23.6 Å². The second-order valence-electron chi connectivity index (χ2n) is 9.79. The maximum Gasteiger partial charge on any atom is 0.255 e. The van der Waals surface area contributed by atoms with Crippen molar-refractivity contribution in [3.8, 4) is 17.1 Å². The van der Waals surface area contributed by atoms with Gasteiger partial charge in [0.2, 0.25) is 17.7 Å². The summed E-state index contributed by atoms with van der Waals surface area (Å²) in [7, 11) is 1.54. The molecule has 216 valence electrons. The predicted molar refractivity (Wildman–Crippen MR) is 161 cm³/mol. The lowest BCUT2D eigenvalue weighted by Gasteiger charge is -2.25.